The molecule has 0 saturated carbocycles. The molecule has 2 rings (SSSR count). The summed E-state index contributed by atoms with van der Waals surface area (Å²) in [5.41, 5.74) is 0.850. The van der Waals surface area contributed by atoms with Crippen LogP contribution in [0.1, 0.15) is 38.8 Å². The molecule has 1 unspecified atom stereocenters. The number of anilines is 1. The van der Waals surface area contributed by atoms with Crippen LogP contribution >= 0.6 is 0 Å². The van der Waals surface area contributed by atoms with Crippen LogP contribution in [-0.4, -0.2) is 28.9 Å². The maximum Gasteiger partial charge on any atom is 0.408 e. The van der Waals surface area contributed by atoms with Crippen molar-refractivity contribution in [2.24, 2.45) is 0 Å². The molecule has 0 saturated heterocycles. The van der Waals surface area contributed by atoms with Gasteiger partial charge in [0, 0.05) is 12.1 Å². The highest BCUT2D eigenvalue weighted by molar-refractivity contribution is 5.70. The molecule has 6 heteroatoms. The Balaban J connectivity index is 2.14. The summed E-state index contributed by atoms with van der Waals surface area (Å²) in [6.45, 7) is 9.04. The molecule has 0 aromatic heterocycles. The Hall–Kier alpha value is -2.60. The predicted molar refractivity (Wildman–Crippen MR) is 110 cm³/mol. The number of allylic oxidation sites excluding steroid dienone is 2. The summed E-state index contributed by atoms with van der Waals surface area (Å²) in [4.78, 5) is 12.2. The van der Waals surface area contributed by atoms with Crippen molar-refractivity contribution in [1.82, 2.24) is 5.32 Å². The molecule has 0 heterocycles. The van der Waals surface area contributed by atoms with Crippen molar-refractivity contribution in [1.29, 1.82) is 0 Å². The molecule has 5 nitrogen and oxygen atoms in total. The van der Waals surface area contributed by atoms with E-state index in [2.05, 4.69) is 10.6 Å². The van der Waals surface area contributed by atoms with E-state index >= 15 is 0 Å². The van der Waals surface area contributed by atoms with Crippen LogP contribution in [0.3, 0.4) is 0 Å². The Morgan fingerprint density at radius 3 is 2.64 bits per heavy atom. The molecule has 0 aliphatic heterocycles. The number of amides is 1. The lowest BCUT2D eigenvalue weighted by atomic mass is 9.99. The van der Waals surface area contributed by atoms with Gasteiger partial charge >= 0.3 is 6.09 Å². The smallest absolute Gasteiger partial charge is 0.408 e. The summed E-state index contributed by atoms with van der Waals surface area (Å²) in [5.74, 6) is -0.450. The van der Waals surface area contributed by atoms with Gasteiger partial charge < -0.3 is 20.5 Å². The van der Waals surface area contributed by atoms with E-state index in [0.717, 1.165) is 5.57 Å². The van der Waals surface area contributed by atoms with Gasteiger partial charge in [-0.15, -0.1) is 0 Å². The quantitative estimate of drug-likeness (QED) is 0.700. The van der Waals surface area contributed by atoms with Crippen molar-refractivity contribution >= 4 is 11.8 Å². The van der Waals surface area contributed by atoms with E-state index in [4.69, 9.17) is 4.74 Å². The Morgan fingerprint density at radius 1 is 1.29 bits per heavy atom. The number of rotatable bonds is 5. The summed E-state index contributed by atoms with van der Waals surface area (Å²) >= 11 is 0. The minimum absolute atomic E-state index is 0.286. The maximum absolute atomic E-state index is 14.5. The van der Waals surface area contributed by atoms with Crippen molar-refractivity contribution in [3.8, 4) is 0 Å². The second kappa shape index (κ2) is 8.61. The van der Waals surface area contributed by atoms with Crippen LogP contribution in [0.5, 0.6) is 0 Å². The molecule has 1 aromatic rings. The lowest BCUT2D eigenvalue weighted by Crippen LogP contribution is -2.45. The average molecular weight is 388 g/mol. The molecule has 152 valence electrons. The number of aliphatic hydroxyl groups excluding tert-OH is 1. The first-order valence-corrected chi connectivity index (χ1v) is 9.24. The topological polar surface area (TPSA) is 70.6 Å². The normalized spacial score (nSPS) is 19.0. The van der Waals surface area contributed by atoms with Crippen LogP contribution < -0.4 is 10.6 Å². The average Bonchev–Trinajstić information content (AvgIpc) is 2.74. The summed E-state index contributed by atoms with van der Waals surface area (Å²) in [6, 6.07) is 3.42. The molecule has 0 fully saturated rings. The summed E-state index contributed by atoms with van der Waals surface area (Å²) in [5, 5.41) is 15.3. The SMILES string of the molecule is Cc1ccc(NCC2=CC(C)(NC(=O)OC(C)(C)C)C=CC=C2)c(F)c1CO. The van der Waals surface area contributed by atoms with E-state index in [0.29, 0.717) is 17.8 Å². The predicted octanol–water partition coefficient (Wildman–Crippen LogP) is 4.37. The van der Waals surface area contributed by atoms with Crippen LogP contribution in [-0.2, 0) is 11.3 Å². The summed E-state index contributed by atoms with van der Waals surface area (Å²) in [7, 11) is 0. The highest BCUT2D eigenvalue weighted by Crippen LogP contribution is 2.23. The van der Waals surface area contributed by atoms with E-state index in [9.17, 15) is 14.3 Å². The number of alkyl carbamates (subject to hydrolysis) is 1. The van der Waals surface area contributed by atoms with Crippen molar-refractivity contribution in [2.75, 3.05) is 11.9 Å². The standard InChI is InChI=1S/C22H29FN2O3/c1-15-9-10-18(19(23)17(15)14-26)24-13-16-8-6-7-11-22(5,12-16)25-20(27)28-21(2,3)4/h6-12,24,26H,13-14H2,1-5H3,(H,25,27). The third kappa shape index (κ3) is 5.96. The van der Waals surface area contributed by atoms with Gasteiger partial charge in [0.25, 0.3) is 0 Å². The van der Waals surface area contributed by atoms with Gasteiger partial charge in [0.1, 0.15) is 5.60 Å². The van der Waals surface area contributed by atoms with Gasteiger partial charge in [0.05, 0.1) is 17.8 Å². The first kappa shape index (κ1) is 21.7. The summed E-state index contributed by atoms with van der Waals surface area (Å²) in [6.07, 6.45) is 8.84. The maximum atomic E-state index is 14.5. The van der Waals surface area contributed by atoms with E-state index in [-0.39, 0.29) is 12.2 Å². The van der Waals surface area contributed by atoms with E-state index in [1.165, 1.54) is 0 Å². The van der Waals surface area contributed by atoms with Crippen LogP contribution in [0.25, 0.3) is 0 Å². The van der Waals surface area contributed by atoms with Gasteiger partial charge in [-0.25, -0.2) is 9.18 Å². The van der Waals surface area contributed by atoms with E-state index in [1.54, 1.807) is 39.8 Å². The monoisotopic (exact) mass is 388 g/mol. The molecular weight excluding hydrogens is 359 g/mol. The number of carbonyl (C=O) groups excluding carboxylic acids is 1. The number of aliphatic hydroxyl groups is 1. The Bertz CT molecular complexity index is 822. The van der Waals surface area contributed by atoms with Crippen LogP contribution in [0.2, 0.25) is 0 Å². The minimum atomic E-state index is -0.745. The third-order valence-corrected chi connectivity index (χ3v) is 4.24. The minimum Gasteiger partial charge on any atom is -0.444 e. The number of hydrogen-bond acceptors (Lipinski definition) is 4. The van der Waals surface area contributed by atoms with Crippen LogP contribution in [0, 0.1) is 12.7 Å². The van der Waals surface area contributed by atoms with Crippen molar-refractivity contribution in [3.63, 3.8) is 0 Å². The number of ether oxygens (including phenoxy) is 1. The molecule has 1 aliphatic carbocycles. The molecule has 1 aromatic carbocycles. The van der Waals surface area contributed by atoms with Gasteiger partial charge in [-0.05, 0) is 51.8 Å². The molecule has 1 aliphatic rings. The first-order chi connectivity index (χ1) is 13.0. The Labute approximate surface area is 166 Å². The van der Waals surface area contributed by atoms with Gasteiger partial charge in [0.15, 0.2) is 5.82 Å². The fraction of sp³-hybridized carbons (Fsp3) is 0.409. The van der Waals surface area contributed by atoms with Crippen molar-refractivity contribution < 1.29 is 19.0 Å². The zero-order valence-electron chi connectivity index (χ0n) is 17.1. The largest absolute Gasteiger partial charge is 0.444 e. The van der Waals surface area contributed by atoms with Gasteiger partial charge in [-0.3, -0.25) is 0 Å². The fourth-order valence-corrected chi connectivity index (χ4v) is 2.87. The lowest BCUT2D eigenvalue weighted by Gasteiger charge is -2.27. The summed E-state index contributed by atoms with van der Waals surface area (Å²) < 4.78 is 19.8. The van der Waals surface area contributed by atoms with Crippen LogP contribution in [0.4, 0.5) is 14.9 Å². The second-order valence-corrected chi connectivity index (χ2v) is 8.08. The number of benzene rings is 1. The number of carbonyl (C=O) groups is 1. The highest BCUT2D eigenvalue weighted by Gasteiger charge is 2.25. The van der Waals surface area contributed by atoms with Gasteiger partial charge in [0.2, 0.25) is 0 Å². The number of halogens is 1. The van der Waals surface area contributed by atoms with Crippen LogP contribution in [0.15, 0.2) is 48.1 Å². The molecule has 28 heavy (non-hydrogen) atoms. The molecular formula is C22H29FN2O3. The van der Waals surface area contributed by atoms with Gasteiger partial charge in [-0.1, -0.05) is 36.4 Å². The molecule has 0 spiro atoms. The number of nitrogens with one attached hydrogen (secondary N) is 2. The number of hydrogen-bond donors (Lipinski definition) is 3. The van der Waals surface area contributed by atoms with Crippen molar-refractivity contribution in [2.45, 2.75) is 52.4 Å². The zero-order chi connectivity index (χ0) is 20.9. The fourth-order valence-electron chi connectivity index (χ4n) is 2.87. The second-order valence-electron chi connectivity index (χ2n) is 8.08. The third-order valence-electron chi connectivity index (χ3n) is 4.24. The molecule has 1 atom stereocenters. The van der Waals surface area contributed by atoms with E-state index in [1.807, 2.05) is 37.3 Å². The van der Waals surface area contributed by atoms with Crippen molar-refractivity contribution in [3.05, 3.63) is 65.0 Å². The lowest BCUT2D eigenvalue weighted by molar-refractivity contribution is 0.0499. The highest BCUT2D eigenvalue weighted by atomic mass is 19.1. The van der Waals surface area contributed by atoms with Gasteiger partial charge in [-0.2, -0.15) is 0 Å². The first-order valence-electron chi connectivity index (χ1n) is 9.24. The molecule has 3 N–H and O–H groups in total. The molecule has 1 amide bonds. The zero-order valence-corrected chi connectivity index (χ0v) is 17.1. The molecule has 0 radical (unpaired) electrons. The Morgan fingerprint density at radius 2 is 2.00 bits per heavy atom. The molecule has 0 bridgehead atoms. The Kier molecular flexibility index (Phi) is 6.67. The van der Waals surface area contributed by atoms with E-state index < -0.39 is 23.1 Å². The number of aryl methyl sites for hydroxylation is 1.